The summed E-state index contributed by atoms with van der Waals surface area (Å²) >= 11 is 6.00. The Labute approximate surface area is 214 Å². The first-order valence-corrected chi connectivity index (χ1v) is 13.2. The second-order valence-corrected chi connectivity index (χ2v) is 11.2. The Morgan fingerprint density at radius 2 is 1.69 bits per heavy atom. The van der Waals surface area contributed by atoms with E-state index in [0.29, 0.717) is 22.8 Å². The summed E-state index contributed by atoms with van der Waals surface area (Å²) < 4.78 is 28.7. The van der Waals surface area contributed by atoms with Crippen molar-refractivity contribution in [2.24, 2.45) is 0 Å². The molecule has 192 valence electrons. The molecule has 2 aromatic carbocycles. The molecule has 1 unspecified atom stereocenters. The summed E-state index contributed by atoms with van der Waals surface area (Å²) in [5.41, 5.74) is 2.77. The molecule has 2 amide bonds. The number of nitrogens with one attached hydrogen (secondary N) is 1. The molecule has 35 heavy (non-hydrogen) atoms. The van der Waals surface area contributed by atoms with Gasteiger partial charge >= 0.3 is 10.2 Å². The summed E-state index contributed by atoms with van der Waals surface area (Å²) in [5.74, 6) is -0.798. The molecule has 8 nitrogen and oxygen atoms in total. The van der Waals surface area contributed by atoms with E-state index in [1.807, 2.05) is 26.0 Å². The molecule has 2 aromatic rings. The molecular formula is C25H35ClN4O4S. The van der Waals surface area contributed by atoms with Crippen molar-refractivity contribution in [3.8, 4) is 0 Å². The molecule has 0 spiro atoms. The van der Waals surface area contributed by atoms with E-state index in [9.17, 15) is 18.0 Å². The van der Waals surface area contributed by atoms with Crippen molar-refractivity contribution in [1.82, 2.24) is 14.5 Å². The van der Waals surface area contributed by atoms with Gasteiger partial charge in [-0.25, -0.2) is 4.31 Å². The Kier molecular flexibility index (Phi) is 10.1. The Balaban J connectivity index is 2.48. The van der Waals surface area contributed by atoms with Crippen LogP contribution in [-0.4, -0.2) is 62.7 Å². The zero-order valence-corrected chi connectivity index (χ0v) is 22.8. The maximum atomic E-state index is 13.7. The predicted octanol–water partition coefficient (Wildman–Crippen LogP) is 3.51. The summed E-state index contributed by atoms with van der Waals surface area (Å²) in [6.45, 7) is 7.39. The van der Waals surface area contributed by atoms with E-state index in [1.54, 1.807) is 44.2 Å². The van der Waals surface area contributed by atoms with Gasteiger partial charge in [0.1, 0.15) is 12.6 Å². The Hall–Kier alpha value is -2.62. The van der Waals surface area contributed by atoms with Gasteiger partial charge in [-0.05, 0) is 62.1 Å². The number of hydrogen-bond donors (Lipinski definition) is 1. The number of aryl methyl sites for hydroxylation is 2. The molecule has 0 fully saturated rings. The monoisotopic (exact) mass is 522 g/mol. The second kappa shape index (κ2) is 12.4. The minimum atomic E-state index is -4.00. The summed E-state index contributed by atoms with van der Waals surface area (Å²) in [4.78, 5) is 27.9. The number of carbonyl (C=O) groups excluding carboxylic acids is 2. The van der Waals surface area contributed by atoms with Crippen LogP contribution in [0.2, 0.25) is 5.02 Å². The van der Waals surface area contributed by atoms with Crippen molar-refractivity contribution in [1.29, 1.82) is 0 Å². The van der Waals surface area contributed by atoms with Crippen molar-refractivity contribution < 1.29 is 18.0 Å². The SMILES string of the molecule is CCCNC(=O)C(C)N(Cc1ccc(Cl)cc1)C(=O)CN(c1cc(C)ccc1C)S(=O)(=O)N(C)C. The van der Waals surface area contributed by atoms with E-state index in [1.165, 1.54) is 19.0 Å². The summed E-state index contributed by atoms with van der Waals surface area (Å²) in [5, 5.41) is 3.37. The molecule has 2 rings (SSSR count). The first-order chi connectivity index (χ1) is 16.4. The van der Waals surface area contributed by atoms with Gasteiger partial charge < -0.3 is 10.2 Å². The quantitative estimate of drug-likeness (QED) is 0.489. The van der Waals surface area contributed by atoms with Crippen LogP contribution in [0.5, 0.6) is 0 Å². The lowest BCUT2D eigenvalue weighted by molar-refractivity contribution is -0.139. The predicted molar refractivity (Wildman–Crippen MR) is 141 cm³/mol. The van der Waals surface area contributed by atoms with E-state index >= 15 is 0 Å². The average Bonchev–Trinajstić information content (AvgIpc) is 2.81. The minimum Gasteiger partial charge on any atom is -0.354 e. The lowest BCUT2D eigenvalue weighted by atomic mass is 10.1. The van der Waals surface area contributed by atoms with E-state index in [-0.39, 0.29) is 12.5 Å². The molecule has 0 heterocycles. The maximum absolute atomic E-state index is 13.7. The minimum absolute atomic E-state index is 0.124. The van der Waals surface area contributed by atoms with Crippen LogP contribution < -0.4 is 9.62 Å². The third kappa shape index (κ3) is 7.43. The fourth-order valence-corrected chi connectivity index (χ4v) is 4.69. The van der Waals surface area contributed by atoms with Gasteiger partial charge in [-0.15, -0.1) is 0 Å². The number of hydrogen-bond acceptors (Lipinski definition) is 4. The Morgan fingerprint density at radius 3 is 2.26 bits per heavy atom. The van der Waals surface area contributed by atoms with Crippen LogP contribution >= 0.6 is 11.6 Å². The second-order valence-electron chi connectivity index (χ2n) is 8.70. The molecule has 0 radical (unpaired) electrons. The Bertz CT molecular complexity index is 1140. The number of rotatable bonds is 11. The van der Waals surface area contributed by atoms with Gasteiger partial charge in [0.05, 0.1) is 5.69 Å². The summed E-state index contributed by atoms with van der Waals surface area (Å²) in [7, 11) is -1.16. The molecule has 0 bridgehead atoms. The van der Waals surface area contributed by atoms with Crippen molar-refractivity contribution >= 4 is 39.3 Å². The first kappa shape index (κ1) is 28.6. The number of carbonyl (C=O) groups is 2. The Morgan fingerprint density at radius 1 is 1.06 bits per heavy atom. The van der Waals surface area contributed by atoms with Crippen LogP contribution in [0.15, 0.2) is 42.5 Å². The molecule has 0 saturated carbocycles. The highest BCUT2D eigenvalue weighted by Crippen LogP contribution is 2.26. The molecule has 0 saturated heterocycles. The topological polar surface area (TPSA) is 90.0 Å². The van der Waals surface area contributed by atoms with E-state index < -0.39 is 28.7 Å². The van der Waals surface area contributed by atoms with Crippen LogP contribution in [0, 0.1) is 13.8 Å². The van der Waals surface area contributed by atoms with Gasteiger partial charge in [0.15, 0.2) is 0 Å². The van der Waals surface area contributed by atoms with Gasteiger partial charge in [0.2, 0.25) is 11.8 Å². The number of amides is 2. The van der Waals surface area contributed by atoms with Gasteiger partial charge in [0.25, 0.3) is 0 Å². The average molecular weight is 523 g/mol. The molecule has 0 aliphatic heterocycles. The number of benzene rings is 2. The molecule has 0 aliphatic carbocycles. The van der Waals surface area contributed by atoms with Gasteiger partial charge in [0, 0.05) is 32.2 Å². The molecule has 0 aromatic heterocycles. The molecule has 1 atom stereocenters. The summed E-state index contributed by atoms with van der Waals surface area (Å²) in [6, 6.07) is 11.6. The van der Waals surface area contributed by atoms with Crippen LogP contribution in [0.25, 0.3) is 0 Å². The largest absolute Gasteiger partial charge is 0.354 e. The van der Waals surface area contributed by atoms with E-state index in [2.05, 4.69) is 5.32 Å². The molecule has 10 heteroatoms. The van der Waals surface area contributed by atoms with Crippen LogP contribution in [-0.2, 0) is 26.3 Å². The zero-order valence-electron chi connectivity index (χ0n) is 21.2. The van der Waals surface area contributed by atoms with Gasteiger partial charge in [-0.2, -0.15) is 12.7 Å². The lowest BCUT2D eigenvalue weighted by Gasteiger charge is -2.33. The van der Waals surface area contributed by atoms with Crippen LogP contribution in [0.3, 0.4) is 0 Å². The number of nitrogens with zero attached hydrogens (tertiary/aromatic N) is 3. The fourth-order valence-electron chi connectivity index (χ4n) is 3.45. The lowest BCUT2D eigenvalue weighted by Crippen LogP contribution is -2.52. The smallest absolute Gasteiger partial charge is 0.304 e. The number of anilines is 1. The molecule has 1 N–H and O–H groups in total. The fraction of sp³-hybridized carbons (Fsp3) is 0.440. The highest BCUT2D eigenvalue weighted by atomic mass is 35.5. The van der Waals surface area contributed by atoms with Gasteiger partial charge in [-0.3, -0.25) is 9.59 Å². The highest BCUT2D eigenvalue weighted by Gasteiger charge is 2.33. The normalized spacial score (nSPS) is 12.3. The van der Waals surface area contributed by atoms with Crippen LogP contribution in [0.4, 0.5) is 5.69 Å². The van der Waals surface area contributed by atoms with E-state index in [4.69, 9.17) is 11.6 Å². The van der Waals surface area contributed by atoms with E-state index in [0.717, 1.165) is 26.2 Å². The first-order valence-electron chi connectivity index (χ1n) is 11.5. The third-order valence-electron chi connectivity index (χ3n) is 5.63. The molecule has 0 aliphatic rings. The van der Waals surface area contributed by atoms with Gasteiger partial charge in [-0.1, -0.05) is 42.8 Å². The van der Waals surface area contributed by atoms with Crippen molar-refractivity contribution in [2.75, 3.05) is 31.5 Å². The number of halogens is 1. The standard InChI is InChI=1S/C25H35ClN4O4S/c1-7-14-27-25(32)20(4)29(16-21-10-12-22(26)13-11-21)24(31)17-30(35(33,34)28(5)6)23-15-18(2)8-9-19(23)3/h8-13,15,20H,7,14,16-17H2,1-6H3,(H,27,32). The molecular weight excluding hydrogens is 488 g/mol. The van der Waals surface area contributed by atoms with Crippen molar-refractivity contribution in [2.45, 2.75) is 46.7 Å². The zero-order chi connectivity index (χ0) is 26.3. The highest BCUT2D eigenvalue weighted by molar-refractivity contribution is 7.90. The summed E-state index contributed by atoms with van der Waals surface area (Å²) in [6.07, 6.45) is 0.755. The van der Waals surface area contributed by atoms with Crippen molar-refractivity contribution in [3.63, 3.8) is 0 Å². The van der Waals surface area contributed by atoms with Crippen molar-refractivity contribution in [3.05, 3.63) is 64.2 Å². The van der Waals surface area contributed by atoms with Crippen LogP contribution in [0.1, 0.15) is 37.0 Å². The third-order valence-corrected chi connectivity index (χ3v) is 7.69. The maximum Gasteiger partial charge on any atom is 0.304 e.